The molecule has 1 aliphatic rings. The van der Waals surface area contributed by atoms with Gasteiger partial charge in [-0.3, -0.25) is 4.57 Å². The van der Waals surface area contributed by atoms with Crippen LogP contribution in [-0.4, -0.2) is 17.7 Å². The fourth-order valence-corrected chi connectivity index (χ4v) is 3.11. The van der Waals surface area contributed by atoms with Gasteiger partial charge in [0.1, 0.15) is 0 Å². The highest BCUT2D eigenvalue weighted by Gasteiger charge is 2.22. The molecule has 0 aliphatic heterocycles. The van der Waals surface area contributed by atoms with Gasteiger partial charge in [0.25, 0.3) is 0 Å². The largest absolute Gasteiger partial charge is 0.328 e. The third-order valence-corrected chi connectivity index (χ3v) is 4.21. The quantitative estimate of drug-likeness (QED) is 0.699. The maximum absolute atomic E-state index is 11.5. The minimum absolute atomic E-state index is 0.316. The molecule has 1 saturated carbocycles. The zero-order valence-electron chi connectivity index (χ0n) is 8.95. The van der Waals surface area contributed by atoms with Gasteiger partial charge in [-0.25, -0.2) is 0 Å². The SMILES string of the molecule is CCCCP(=O)(O)OCC1CCCC1. The lowest BCUT2D eigenvalue weighted by molar-refractivity contribution is 0.216. The molecule has 0 aromatic carbocycles. The van der Waals surface area contributed by atoms with E-state index < -0.39 is 7.60 Å². The molecule has 1 aliphatic carbocycles. The molecule has 0 amide bonds. The van der Waals surface area contributed by atoms with Crippen LogP contribution in [0.2, 0.25) is 0 Å². The summed E-state index contributed by atoms with van der Waals surface area (Å²) < 4.78 is 16.6. The second-order valence-corrected chi connectivity index (χ2v) is 6.14. The van der Waals surface area contributed by atoms with Crippen molar-refractivity contribution in [1.29, 1.82) is 0 Å². The van der Waals surface area contributed by atoms with Crippen molar-refractivity contribution in [1.82, 2.24) is 0 Å². The van der Waals surface area contributed by atoms with Crippen molar-refractivity contribution < 1.29 is 14.0 Å². The summed E-state index contributed by atoms with van der Waals surface area (Å²) in [5, 5.41) is 0. The van der Waals surface area contributed by atoms with Crippen molar-refractivity contribution in [2.24, 2.45) is 5.92 Å². The summed E-state index contributed by atoms with van der Waals surface area (Å²) in [6.45, 7) is 2.49. The van der Waals surface area contributed by atoms with Gasteiger partial charge in [0, 0.05) is 6.16 Å². The van der Waals surface area contributed by atoms with Crippen molar-refractivity contribution in [3.8, 4) is 0 Å². The van der Waals surface area contributed by atoms with E-state index in [2.05, 4.69) is 0 Å². The molecule has 0 spiro atoms. The van der Waals surface area contributed by atoms with Crippen molar-refractivity contribution in [3.05, 3.63) is 0 Å². The first kappa shape index (κ1) is 12.2. The number of hydrogen-bond donors (Lipinski definition) is 1. The van der Waals surface area contributed by atoms with Crippen molar-refractivity contribution in [2.45, 2.75) is 45.4 Å². The summed E-state index contributed by atoms with van der Waals surface area (Å²) in [6, 6.07) is 0. The van der Waals surface area contributed by atoms with Gasteiger partial charge in [0.2, 0.25) is 0 Å². The predicted octanol–water partition coefficient (Wildman–Crippen LogP) is 3.18. The monoisotopic (exact) mass is 220 g/mol. The van der Waals surface area contributed by atoms with E-state index >= 15 is 0 Å². The van der Waals surface area contributed by atoms with E-state index in [-0.39, 0.29) is 0 Å². The lowest BCUT2D eigenvalue weighted by Crippen LogP contribution is -2.05. The van der Waals surface area contributed by atoms with E-state index in [9.17, 15) is 9.46 Å². The van der Waals surface area contributed by atoms with Crippen LogP contribution in [0.25, 0.3) is 0 Å². The number of hydrogen-bond acceptors (Lipinski definition) is 2. The summed E-state index contributed by atoms with van der Waals surface area (Å²) in [4.78, 5) is 9.44. The minimum Gasteiger partial charge on any atom is -0.324 e. The first-order chi connectivity index (χ1) is 6.64. The second-order valence-electron chi connectivity index (χ2n) is 4.16. The van der Waals surface area contributed by atoms with Crippen molar-refractivity contribution in [2.75, 3.05) is 12.8 Å². The van der Waals surface area contributed by atoms with Crippen LogP contribution in [0.15, 0.2) is 0 Å². The van der Waals surface area contributed by atoms with Crippen LogP contribution in [0, 0.1) is 5.92 Å². The average molecular weight is 220 g/mol. The minimum atomic E-state index is -3.26. The Morgan fingerprint density at radius 3 is 2.64 bits per heavy atom. The third kappa shape index (κ3) is 4.59. The first-order valence-corrected chi connectivity index (χ1v) is 7.36. The van der Waals surface area contributed by atoms with Crippen LogP contribution in [0.5, 0.6) is 0 Å². The summed E-state index contributed by atoms with van der Waals surface area (Å²) in [5.74, 6) is 0.525. The molecular formula is C10H21O3P. The van der Waals surface area contributed by atoms with Gasteiger partial charge in [-0.05, 0) is 25.2 Å². The first-order valence-electron chi connectivity index (χ1n) is 5.60. The number of rotatable bonds is 6. The highest BCUT2D eigenvalue weighted by atomic mass is 31.2. The maximum atomic E-state index is 11.5. The van der Waals surface area contributed by atoms with Crippen LogP contribution >= 0.6 is 7.60 Å². The van der Waals surface area contributed by atoms with E-state index in [1.54, 1.807) is 0 Å². The van der Waals surface area contributed by atoms with E-state index in [0.717, 1.165) is 25.7 Å². The molecule has 1 fully saturated rings. The molecule has 1 N–H and O–H groups in total. The Bertz CT molecular complexity index is 200. The molecule has 84 valence electrons. The van der Waals surface area contributed by atoms with E-state index in [4.69, 9.17) is 4.52 Å². The van der Waals surface area contributed by atoms with Crippen molar-refractivity contribution >= 4 is 7.60 Å². The fraction of sp³-hybridized carbons (Fsp3) is 1.00. The predicted molar refractivity (Wildman–Crippen MR) is 57.5 cm³/mol. The maximum Gasteiger partial charge on any atom is 0.328 e. The van der Waals surface area contributed by atoms with Crippen LogP contribution in [-0.2, 0) is 9.09 Å². The Labute approximate surface area is 86.4 Å². The van der Waals surface area contributed by atoms with E-state index in [1.807, 2.05) is 6.92 Å². The Balaban J connectivity index is 2.17. The number of unbranched alkanes of at least 4 members (excludes halogenated alkanes) is 1. The van der Waals surface area contributed by atoms with Gasteiger partial charge in [-0.2, -0.15) is 0 Å². The van der Waals surface area contributed by atoms with Crippen LogP contribution in [0.3, 0.4) is 0 Å². The smallest absolute Gasteiger partial charge is 0.324 e. The summed E-state index contributed by atoms with van der Waals surface area (Å²) >= 11 is 0. The molecule has 0 radical (unpaired) electrons. The molecule has 0 bridgehead atoms. The van der Waals surface area contributed by atoms with Gasteiger partial charge in [-0.15, -0.1) is 0 Å². The lowest BCUT2D eigenvalue weighted by atomic mass is 10.1. The zero-order valence-corrected chi connectivity index (χ0v) is 9.84. The van der Waals surface area contributed by atoms with Gasteiger partial charge in [0.15, 0.2) is 0 Å². The Morgan fingerprint density at radius 1 is 1.43 bits per heavy atom. The summed E-state index contributed by atoms with van der Waals surface area (Å²) in [5.41, 5.74) is 0. The van der Waals surface area contributed by atoms with Gasteiger partial charge >= 0.3 is 7.60 Å². The average Bonchev–Trinajstić information content (AvgIpc) is 2.64. The molecule has 4 heteroatoms. The van der Waals surface area contributed by atoms with E-state index in [0.29, 0.717) is 18.7 Å². The molecule has 0 aromatic heterocycles. The Morgan fingerprint density at radius 2 is 2.07 bits per heavy atom. The normalized spacial score (nSPS) is 22.4. The van der Waals surface area contributed by atoms with Gasteiger partial charge in [0.05, 0.1) is 6.61 Å². The van der Waals surface area contributed by atoms with Crippen LogP contribution < -0.4 is 0 Å². The third-order valence-electron chi connectivity index (χ3n) is 2.78. The molecular weight excluding hydrogens is 199 g/mol. The summed E-state index contributed by atoms with van der Waals surface area (Å²) in [7, 11) is -3.26. The molecule has 0 saturated heterocycles. The fourth-order valence-electron chi connectivity index (χ4n) is 1.82. The molecule has 1 rings (SSSR count). The molecule has 14 heavy (non-hydrogen) atoms. The molecule has 0 heterocycles. The summed E-state index contributed by atoms with van der Waals surface area (Å²) in [6.07, 6.45) is 6.85. The molecule has 3 nitrogen and oxygen atoms in total. The zero-order chi connectivity index (χ0) is 10.4. The topological polar surface area (TPSA) is 46.5 Å². The van der Waals surface area contributed by atoms with E-state index in [1.165, 1.54) is 12.8 Å². The van der Waals surface area contributed by atoms with Crippen molar-refractivity contribution in [3.63, 3.8) is 0 Å². The van der Waals surface area contributed by atoms with Crippen LogP contribution in [0.4, 0.5) is 0 Å². The Kier molecular flexibility index (Phi) is 5.14. The second kappa shape index (κ2) is 5.89. The lowest BCUT2D eigenvalue weighted by Gasteiger charge is -2.14. The standard InChI is InChI=1S/C10H21O3P/c1-2-3-8-14(11,12)13-9-10-6-4-5-7-10/h10H,2-9H2,1H3,(H,11,12). The van der Waals surface area contributed by atoms with Crippen LogP contribution in [0.1, 0.15) is 45.4 Å². The van der Waals surface area contributed by atoms with Gasteiger partial charge in [-0.1, -0.05) is 26.2 Å². The molecule has 0 aromatic rings. The molecule has 1 atom stereocenters. The highest BCUT2D eigenvalue weighted by Crippen LogP contribution is 2.44. The molecule has 1 unspecified atom stereocenters. The van der Waals surface area contributed by atoms with Gasteiger partial charge < -0.3 is 9.42 Å². The Hall–Kier alpha value is 0.150. The highest BCUT2D eigenvalue weighted by molar-refractivity contribution is 7.52.